The smallest absolute Gasteiger partial charge is 0.258 e. The van der Waals surface area contributed by atoms with Crippen molar-refractivity contribution in [1.82, 2.24) is 0 Å². The number of nitrogens with one attached hydrogen (secondary N) is 1. The van der Waals surface area contributed by atoms with Crippen LogP contribution in [0.4, 0.5) is 5.69 Å². The molecule has 4 nitrogen and oxygen atoms in total. The van der Waals surface area contributed by atoms with Crippen LogP contribution in [0.15, 0.2) is 35.2 Å². The van der Waals surface area contributed by atoms with Gasteiger partial charge in [0, 0.05) is 6.26 Å². The molecule has 0 radical (unpaired) electrons. The van der Waals surface area contributed by atoms with E-state index >= 15 is 0 Å². The second kappa shape index (κ2) is 5.73. The Morgan fingerprint density at radius 3 is 2.45 bits per heavy atom. The molecule has 2 aromatic rings. The number of halogens is 2. The third kappa shape index (κ3) is 3.32. The summed E-state index contributed by atoms with van der Waals surface area (Å²) in [7, 11) is -3.44. The van der Waals surface area contributed by atoms with Crippen LogP contribution in [0.25, 0.3) is 0 Å². The Bertz CT molecular complexity index is 769. The zero-order valence-corrected chi connectivity index (χ0v) is 13.3. The normalized spacial score (nSPS) is 11.3. The fraction of sp³-hybridized carbons (Fsp3) is 0.0833. The van der Waals surface area contributed by atoms with Crippen LogP contribution in [0.2, 0.25) is 8.67 Å². The van der Waals surface area contributed by atoms with Crippen LogP contribution in [-0.2, 0) is 9.84 Å². The standard InChI is InChI=1S/C12H9Cl2NO3S2/c1-20(17,18)9-5-3-2-4-8(9)15-12(16)7-6-10(13)19-11(7)14/h2-6H,1H3,(H,15,16). The Morgan fingerprint density at radius 1 is 1.25 bits per heavy atom. The Labute approximate surface area is 130 Å². The predicted molar refractivity (Wildman–Crippen MR) is 81.8 cm³/mol. The van der Waals surface area contributed by atoms with Crippen molar-refractivity contribution in [3.63, 3.8) is 0 Å². The SMILES string of the molecule is CS(=O)(=O)c1ccccc1NC(=O)c1cc(Cl)sc1Cl. The fourth-order valence-corrected chi connectivity index (χ4v) is 3.88. The van der Waals surface area contributed by atoms with Crippen molar-refractivity contribution in [1.29, 1.82) is 0 Å². The van der Waals surface area contributed by atoms with Crippen LogP contribution in [-0.4, -0.2) is 20.6 Å². The maximum absolute atomic E-state index is 12.1. The molecule has 0 saturated heterocycles. The van der Waals surface area contributed by atoms with Gasteiger partial charge in [0.05, 0.1) is 20.5 Å². The highest BCUT2D eigenvalue weighted by Crippen LogP contribution is 2.32. The second-order valence-corrected chi connectivity index (χ2v) is 8.23. The lowest BCUT2D eigenvalue weighted by Gasteiger charge is -2.09. The lowest BCUT2D eigenvalue weighted by atomic mass is 10.3. The Kier molecular flexibility index (Phi) is 4.39. The summed E-state index contributed by atoms with van der Waals surface area (Å²) in [4.78, 5) is 12.1. The highest BCUT2D eigenvalue weighted by Gasteiger charge is 2.18. The number of amides is 1. The molecule has 0 fully saturated rings. The summed E-state index contributed by atoms with van der Waals surface area (Å²) >= 11 is 12.7. The van der Waals surface area contributed by atoms with Crippen LogP contribution >= 0.6 is 34.5 Å². The van der Waals surface area contributed by atoms with Crippen molar-refractivity contribution in [2.75, 3.05) is 11.6 Å². The molecule has 1 heterocycles. The molecule has 0 spiro atoms. The van der Waals surface area contributed by atoms with Crippen molar-refractivity contribution < 1.29 is 13.2 Å². The fourth-order valence-electron chi connectivity index (χ4n) is 1.58. The highest BCUT2D eigenvalue weighted by molar-refractivity contribution is 7.90. The predicted octanol–water partition coefficient (Wildman–Crippen LogP) is 3.71. The average Bonchev–Trinajstić information content (AvgIpc) is 2.68. The molecule has 1 N–H and O–H groups in total. The Balaban J connectivity index is 2.36. The van der Waals surface area contributed by atoms with E-state index in [1.807, 2.05) is 0 Å². The molecule has 0 aliphatic rings. The molecule has 8 heteroatoms. The van der Waals surface area contributed by atoms with Gasteiger partial charge in [0.25, 0.3) is 5.91 Å². The van der Waals surface area contributed by atoms with Gasteiger partial charge in [0.15, 0.2) is 9.84 Å². The van der Waals surface area contributed by atoms with Gasteiger partial charge < -0.3 is 5.32 Å². The lowest BCUT2D eigenvalue weighted by molar-refractivity contribution is 0.102. The number of benzene rings is 1. The molecule has 0 atom stereocenters. The number of anilines is 1. The summed E-state index contributed by atoms with van der Waals surface area (Å²) in [5.74, 6) is -0.505. The number of para-hydroxylation sites is 1. The zero-order chi connectivity index (χ0) is 14.9. The molecule has 1 aromatic heterocycles. The van der Waals surface area contributed by atoms with Gasteiger partial charge >= 0.3 is 0 Å². The number of hydrogen-bond acceptors (Lipinski definition) is 4. The van der Waals surface area contributed by atoms with Gasteiger partial charge in [0.2, 0.25) is 0 Å². The molecule has 1 aromatic carbocycles. The van der Waals surface area contributed by atoms with Crippen LogP contribution in [0.3, 0.4) is 0 Å². The minimum atomic E-state index is -3.44. The summed E-state index contributed by atoms with van der Waals surface area (Å²) in [6.45, 7) is 0. The molecule has 0 unspecified atom stereocenters. The van der Waals surface area contributed by atoms with E-state index in [1.54, 1.807) is 12.1 Å². The monoisotopic (exact) mass is 349 g/mol. The van der Waals surface area contributed by atoms with Crippen molar-refractivity contribution in [3.8, 4) is 0 Å². The first-order valence-corrected chi connectivity index (χ1v) is 8.80. The number of carbonyl (C=O) groups is 1. The van der Waals surface area contributed by atoms with Gasteiger partial charge in [-0.1, -0.05) is 35.3 Å². The molecule has 1 amide bonds. The van der Waals surface area contributed by atoms with Crippen molar-refractivity contribution >= 4 is 56.0 Å². The number of thiophene rings is 1. The number of carbonyl (C=O) groups excluding carboxylic acids is 1. The molecule has 2 rings (SSSR count). The van der Waals surface area contributed by atoms with Gasteiger partial charge in [-0.05, 0) is 18.2 Å². The molecule has 0 aliphatic carbocycles. The number of hydrogen-bond donors (Lipinski definition) is 1. The quantitative estimate of drug-likeness (QED) is 0.918. The third-order valence-electron chi connectivity index (χ3n) is 2.44. The van der Waals surface area contributed by atoms with E-state index in [4.69, 9.17) is 23.2 Å². The minimum Gasteiger partial charge on any atom is -0.321 e. The van der Waals surface area contributed by atoms with Gasteiger partial charge in [-0.3, -0.25) is 4.79 Å². The summed E-state index contributed by atoms with van der Waals surface area (Å²) in [6.07, 6.45) is 1.08. The van der Waals surface area contributed by atoms with Crippen molar-refractivity contribution in [3.05, 3.63) is 44.6 Å². The summed E-state index contributed by atoms with van der Waals surface area (Å²) in [5.41, 5.74) is 0.420. The topological polar surface area (TPSA) is 63.2 Å². The van der Waals surface area contributed by atoms with Crippen molar-refractivity contribution in [2.24, 2.45) is 0 Å². The minimum absolute atomic E-state index is 0.0470. The summed E-state index contributed by atoms with van der Waals surface area (Å²) in [6, 6.07) is 7.59. The first-order valence-electron chi connectivity index (χ1n) is 5.34. The van der Waals surface area contributed by atoms with E-state index < -0.39 is 15.7 Å². The molecular weight excluding hydrogens is 341 g/mol. The van der Waals surface area contributed by atoms with E-state index in [9.17, 15) is 13.2 Å². The van der Waals surface area contributed by atoms with E-state index in [-0.39, 0.29) is 20.5 Å². The van der Waals surface area contributed by atoms with Crippen LogP contribution in [0.1, 0.15) is 10.4 Å². The van der Waals surface area contributed by atoms with Crippen molar-refractivity contribution in [2.45, 2.75) is 4.90 Å². The maximum atomic E-state index is 12.1. The first-order chi connectivity index (χ1) is 9.29. The van der Waals surface area contributed by atoms with Gasteiger partial charge in [0.1, 0.15) is 4.34 Å². The van der Waals surface area contributed by atoms with Crippen LogP contribution < -0.4 is 5.32 Å². The molecule has 0 aliphatic heterocycles. The Morgan fingerprint density at radius 2 is 1.90 bits per heavy atom. The zero-order valence-electron chi connectivity index (χ0n) is 10.2. The van der Waals surface area contributed by atoms with Gasteiger partial charge in [-0.25, -0.2) is 8.42 Å². The van der Waals surface area contributed by atoms with E-state index in [2.05, 4.69) is 5.32 Å². The first kappa shape index (κ1) is 15.3. The summed E-state index contributed by atoms with van der Waals surface area (Å²) < 4.78 is 23.9. The largest absolute Gasteiger partial charge is 0.321 e. The van der Waals surface area contributed by atoms with Gasteiger partial charge in [-0.2, -0.15) is 0 Å². The van der Waals surface area contributed by atoms with E-state index in [0.717, 1.165) is 17.6 Å². The summed E-state index contributed by atoms with van der Waals surface area (Å²) in [5, 5.41) is 2.53. The molecule has 0 saturated carbocycles. The van der Waals surface area contributed by atoms with E-state index in [0.29, 0.717) is 4.34 Å². The second-order valence-electron chi connectivity index (χ2n) is 3.96. The third-order valence-corrected chi connectivity index (χ3v) is 5.08. The van der Waals surface area contributed by atoms with Gasteiger partial charge in [-0.15, -0.1) is 11.3 Å². The molecular formula is C12H9Cl2NO3S2. The molecule has 106 valence electrons. The number of rotatable bonds is 3. The van der Waals surface area contributed by atoms with Crippen LogP contribution in [0.5, 0.6) is 0 Å². The number of sulfone groups is 1. The molecule has 0 bridgehead atoms. The van der Waals surface area contributed by atoms with Crippen LogP contribution in [0, 0.1) is 0 Å². The Hall–Kier alpha value is -1.08. The maximum Gasteiger partial charge on any atom is 0.258 e. The highest BCUT2D eigenvalue weighted by atomic mass is 35.5. The average molecular weight is 350 g/mol. The molecule has 20 heavy (non-hydrogen) atoms. The van der Waals surface area contributed by atoms with E-state index in [1.165, 1.54) is 18.2 Å². The lowest BCUT2D eigenvalue weighted by Crippen LogP contribution is -2.14.